The van der Waals surface area contributed by atoms with Crippen LogP contribution in [-0.2, 0) is 16.1 Å². The molecule has 0 aliphatic rings. The van der Waals surface area contributed by atoms with E-state index in [4.69, 9.17) is 9.84 Å². The van der Waals surface area contributed by atoms with E-state index in [2.05, 4.69) is 27.9 Å². The standard InChI is InChI=1S/C29H30N6O2/c1-20-14-24(22(3)35(20)21(2)19-37-4)15-25(16-30)29(36)32-17-26-18-34(27-8-6-5-7-9-27)33-28(26)23-10-12-31-13-11-23/h5-15,18,21H,17,19H2,1-4H3,(H,32,36)/b25-15-. The summed E-state index contributed by atoms with van der Waals surface area (Å²) in [6, 6.07) is 17.7. The van der Waals surface area contributed by atoms with Crippen LogP contribution in [-0.4, -0.2) is 39.0 Å². The lowest BCUT2D eigenvalue weighted by Crippen LogP contribution is -2.24. The molecule has 1 aromatic carbocycles. The van der Waals surface area contributed by atoms with Crippen LogP contribution >= 0.6 is 0 Å². The Morgan fingerprint density at radius 2 is 1.92 bits per heavy atom. The van der Waals surface area contributed by atoms with Gasteiger partial charge in [-0.25, -0.2) is 4.68 Å². The number of rotatable bonds is 9. The third-order valence-corrected chi connectivity index (χ3v) is 6.24. The third kappa shape index (κ3) is 5.68. The molecule has 8 heteroatoms. The van der Waals surface area contributed by atoms with E-state index in [1.807, 2.05) is 68.6 Å². The SMILES string of the molecule is COCC(C)n1c(C)cc(/C=C(/C#N)C(=O)NCc2cn(-c3ccccc3)nc2-c2ccncc2)c1C. The van der Waals surface area contributed by atoms with E-state index in [1.54, 1.807) is 30.3 Å². The van der Waals surface area contributed by atoms with Crippen LogP contribution in [0.15, 0.2) is 72.7 Å². The van der Waals surface area contributed by atoms with Crippen molar-refractivity contribution >= 4 is 12.0 Å². The van der Waals surface area contributed by atoms with Crippen molar-refractivity contribution in [2.75, 3.05) is 13.7 Å². The molecule has 0 bridgehead atoms. The Bertz CT molecular complexity index is 1450. The van der Waals surface area contributed by atoms with Gasteiger partial charge in [0.2, 0.25) is 0 Å². The zero-order valence-corrected chi connectivity index (χ0v) is 21.5. The van der Waals surface area contributed by atoms with Gasteiger partial charge in [0.25, 0.3) is 5.91 Å². The lowest BCUT2D eigenvalue weighted by Gasteiger charge is -2.17. The maximum atomic E-state index is 13.1. The fourth-order valence-corrected chi connectivity index (χ4v) is 4.52. The van der Waals surface area contributed by atoms with Crippen molar-refractivity contribution in [3.8, 4) is 23.0 Å². The highest BCUT2D eigenvalue weighted by atomic mass is 16.5. The van der Waals surface area contributed by atoms with Gasteiger partial charge >= 0.3 is 0 Å². The van der Waals surface area contributed by atoms with Gasteiger partial charge in [-0.1, -0.05) is 18.2 Å². The van der Waals surface area contributed by atoms with Crippen molar-refractivity contribution in [1.29, 1.82) is 5.26 Å². The molecular formula is C29H30N6O2. The number of nitrogens with zero attached hydrogens (tertiary/aromatic N) is 5. The van der Waals surface area contributed by atoms with E-state index in [-0.39, 0.29) is 18.2 Å². The summed E-state index contributed by atoms with van der Waals surface area (Å²) < 4.78 is 9.24. The molecule has 0 aliphatic heterocycles. The zero-order chi connectivity index (χ0) is 26.4. The number of methoxy groups -OCH3 is 1. The molecule has 1 atom stereocenters. The number of amides is 1. The number of aryl methyl sites for hydroxylation is 1. The summed E-state index contributed by atoms with van der Waals surface area (Å²) in [6.07, 6.45) is 6.95. The number of nitriles is 1. The van der Waals surface area contributed by atoms with Crippen LogP contribution in [0.4, 0.5) is 0 Å². The van der Waals surface area contributed by atoms with E-state index in [1.165, 1.54) is 0 Å². The molecule has 0 fully saturated rings. The van der Waals surface area contributed by atoms with Crippen molar-refractivity contribution in [3.05, 3.63) is 95.2 Å². The lowest BCUT2D eigenvalue weighted by molar-refractivity contribution is -0.117. The molecule has 0 aliphatic carbocycles. The highest BCUT2D eigenvalue weighted by Gasteiger charge is 2.17. The molecule has 1 N–H and O–H groups in total. The first-order chi connectivity index (χ1) is 17.9. The first-order valence-electron chi connectivity index (χ1n) is 12.0. The largest absolute Gasteiger partial charge is 0.383 e. The fraction of sp³-hybridized carbons (Fsp3) is 0.241. The Balaban J connectivity index is 1.59. The van der Waals surface area contributed by atoms with Crippen LogP contribution in [0.2, 0.25) is 0 Å². The second-order valence-corrected chi connectivity index (χ2v) is 8.87. The van der Waals surface area contributed by atoms with E-state index in [9.17, 15) is 10.1 Å². The van der Waals surface area contributed by atoms with Crippen LogP contribution in [0.25, 0.3) is 23.0 Å². The summed E-state index contributed by atoms with van der Waals surface area (Å²) in [6.45, 7) is 6.85. The molecular weight excluding hydrogens is 464 g/mol. The molecule has 188 valence electrons. The van der Waals surface area contributed by atoms with Gasteiger partial charge in [0, 0.05) is 54.8 Å². The average Bonchev–Trinajstić information content (AvgIpc) is 3.47. The van der Waals surface area contributed by atoms with Crippen LogP contribution in [0, 0.1) is 25.2 Å². The number of hydrogen-bond donors (Lipinski definition) is 1. The van der Waals surface area contributed by atoms with Crippen LogP contribution in [0.3, 0.4) is 0 Å². The Morgan fingerprint density at radius 1 is 1.19 bits per heavy atom. The molecule has 1 unspecified atom stereocenters. The normalized spacial score (nSPS) is 12.2. The number of ether oxygens (including phenoxy) is 1. The number of carbonyl (C=O) groups excluding carboxylic acids is 1. The molecule has 37 heavy (non-hydrogen) atoms. The van der Waals surface area contributed by atoms with Gasteiger partial charge in [-0.15, -0.1) is 0 Å². The summed E-state index contributed by atoms with van der Waals surface area (Å²) in [5, 5.41) is 17.4. The summed E-state index contributed by atoms with van der Waals surface area (Å²) in [7, 11) is 1.67. The molecule has 3 heterocycles. The number of nitrogens with one attached hydrogen (secondary N) is 1. The van der Waals surface area contributed by atoms with Crippen molar-refractivity contribution in [2.24, 2.45) is 0 Å². The highest BCUT2D eigenvalue weighted by Crippen LogP contribution is 2.25. The quantitative estimate of drug-likeness (QED) is 0.267. The number of pyridine rings is 1. The Hall–Kier alpha value is -4.48. The summed E-state index contributed by atoms with van der Waals surface area (Å²) >= 11 is 0. The number of aromatic nitrogens is 4. The molecule has 0 saturated heterocycles. The van der Waals surface area contributed by atoms with Crippen molar-refractivity contribution in [2.45, 2.75) is 33.4 Å². The van der Waals surface area contributed by atoms with Gasteiger partial charge in [-0.2, -0.15) is 10.4 Å². The maximum absolute atomic E-state index is 13.1. The number of benzene rings is 1. The van der Waals surface area contributed by atoms with Crippen LogP contribution < -0.4 is 5.32 Å². The summed E-state index contributed by atoms with van der Waals surface area (Å²) in [4.78, 5) is 17.1. The predicted octanol–water partition coefficient (Wildman–Crippen LogP) is 4.78. The minimum atomic E-state index is -0.439. The second-order valence-electron chi connectivity index (χ2n) is 8.87. The van der Waals surface area contributed by atoms with Crippen LogP contribution in [0.1, 0.15) is 35.5 Å². The summed E-state index contributed by atoms with van der Waals surface area (Å²) in [5.74, 6) is -0.439. The van der Waals surface area contributed by atoms with Gasteiger partial charge < -0.3 is 14.6 Å². The van der Waals surface area contributed by atoms with Gasteiger partial charge in [0.05, 0.1) is 24.0 Å². The van der Waals surface area contributed by atoms with Gasteiger partial charge in [0.15, 0.2) is 0 Å². The average molecular weight is 495 g/mol. The number of para-hydroxylation sites is 1. The van der Waals surface area contributed by atoms with Gasteiger partial charge in [-0.05, 0) is 62.7 Å². The second kappa shape index (κ2) is 11.5. The molecule has 3 aromatic heterocycles. The molecule has 8 nitrogen and oxygen atoms in total. The lowest BCUT2D eigenvalue weighted by atomic mass is 10.1. The van der Waals surface area contributed by atoms with E-state index >= 15 is 0 Å². The van der Waals surface area contributed by atoms with E-state index < -0.39 is 5.91 Å². The minimum absolute atomic E-state index is 0.0422. The maximum Gasteiger partial charge on any atom is 0.262 e. The Kier molecular flexibility index (Phi) is 7.96. The van der Waals surface area contributed by atoms with Crippen LogP contribution in [0.5, 0.6) is 0 Å². The predicted molar refractivity (Wildman–Crippen MR) is 143 cm³/mol. The molecule has 0 saturated carbocycles. The Labute approximate surface area is 216 Å². The van der Waals surface area contributed by atoms with Gasteiger partial charge in [0.1, 0.15) is 11.6 Å². The molecule has 4 rings (SSSR count). The topological polar surface area (TPSA) is 97.8 Å². The van der Waals surface area contributed by atoms with Crippen molar-refractivity contribution in [3.63, 3.8) is 0 Å². The summed E-state index contributed by atoms with van der Waals surface area (Å²) in [5.41, 5.74) is 6.26. The fourth-order valence-electron chi connectivity index (χ4n) is 4.52. The van der Waals surface area contributed by atoms with Crippen molar-refractivity contribution in [1.82, 2.24) is 24.6 Å². The highest BCUT2D eigenvalue weighted by molar-refractivity contribution is 6.01. The first kappa shape index (κ1) is 25.6. The molecule has 0 spiro atoms. The first-order valence-corrected chi connectivity index (χ1v) is 12.0. The molecule has 1 amide bonds. The van der Waals surface area contributed by atoms with Gasteiger partial charge in [-0.3, -0.25) is 9.78 Å². The minimum Gasteiger partial charge on any atom is -0.383 e. The Morgan fingerprint density at radius 3 is 2.59 bits per heavy atom. The zero-order valence-electron chi connectivity index (χ0n) is 21.5. The molecule has 4 aromatic rings. The van der Waals surface area contributed by atoms with Crippen molar-refractivity contribution < 1.29 is 9.53 Å². The van der Waals surface area contributed by atoms with E-state index in [0.29, 0.717) is 6.61 Å². The smallest absolute Gasteiger partial charge is 0.262 e. The van der Waals surface area contributed by atoms with E-state index in [0.717, 1.165) is 39.5 Å². The molecule has 0 radical (unpaired) electrons. The number of carbonyl (C=O) groups is 1. The monoisotopic (exact) mass is 494 g/mol. The third-order valence-electron chi connectivity index (χ3n) is 6.24. The number of hydrogen-bond acceptors (Lipinski definition) is 5.